The first-order chi connectivity index (χ1) is 5.99. The van der Waals surface area contributed by atoms with Crippen LogP contribution in [-0.2, 0) is 9.59 Å². The minimum atomic E-state index is -3.00. The predicted molar refractivity (Wildman–Crippen MR) is 42.3 cm³/mol. The second kappa shape index (κ2) is 5.45. The molecule has 6 heteroatoms. The fraction of sp³-hybridized carbons (Fsp3) is 0.714. The van der Waals surface area contributed by atoms with Crippen LogP contribution in [0.4, 0.5) is 8.78 Å². The van der Waals surface area contributed by atoms with Gasteiger partial charge in [0.05, 0.1) is 0 Å². The number of carbonyl (C=O) groups excluding carboxylic acids is 2. The van der Waals surface area contributed by atoms with E-state index in [-0.39, 0.29) is 18.9 Å². The molecular weight excluding hydrogens is 182 g/mol. The van der Waals surface area contributed by atoms with Gasteiger partial charge in [-0.05, 0) is 0 Å². The standard InChI is InChI=1S/C7H12F2N2O2/c1-10-5(12)3-4-11(2)7(13)6(8)9/h6H,3-4H2,1-2H3,(H,10,12). The molecule has 0 rings (SSSR count). The normalized spacial score (nSPS) is 9.92. The van der Waals surface area contributed by atoms with E-state index in [0.29, 0.717) is 0 Å². The maximum Gasteiger partial charge on any atom is 0.315 e. The predicted octanol–water partition coefficient (Wildman–Crippen LogP) is -0.154. The van der Waals surface area contributed by atoms with E-state index in [9.17, 15) is 18.4 Å². The maximum absolute atomic E-state index is 11.8. The Morgan fingerprint density at radius 1 is 1.46 bits per heavy atom. The van der Waals surface area contributed by atoms with Gasteiger partial charge in [-0.15, -0.1) is 0 Å². The molecule has 0 aliphatic heterocycles. The number of alkyl halides is 2. The molecule has 0 unspecified atom stereocenters. The van der Waals surface area contributed by atoms with Gasteiger partial charge in [-0.25, -0.2) is 0 Å². The van der Waals surface area contributed by atoms with Crippen LogP contribution in [0.15, 0.2) is 0 Å². The molecule has 0 saturated heterocycles. The minimum Gasteiger partial charge on any atom is -0.359 e. The molecule has 0 aromatic heterocycles. The topological polar surface area (TPSA) is 49.4 Å². The third-order valence-electron chi connectivity index (χ3n) is 1.52. The minimum absolute atomic E-state index is 0.00282. The van der Waals surface area contributed by atoms with E-state index in [2.05, 4.69) is 5.32 Å². The zero-order valence-corrected chi connectivity index (χ0v) is 7.51. The van der Waals surface area contributed by atoms with E-state index >= 15 is 0 Å². The molecule has 0 aliphatic carbocycles. The van der Waals surface area contributed by atoms with Crippen molar-refractivity contribution in [1.82, 2.24) is 10.2 Å². The van der Waals surface area contributed by atoms with Crippen LogP contribution < -0.4 is 5.32 Å². The average molecular weight is 194 g/mol. The van der Waals surface area contributed by atoms with Crippen molar-refractivity contribution in [2.45, 2.75) is 12.8 Å². The molecule has 1 N–H and O–H groups in total. The number of amides is 2. The van der Waals surface area contributed by atoms with Crippen molar-refractivity contribution in [2.24, 2.45) is 0 Å². The van der Waals surface area contributed by atoms with Crippen LogP contribution in [0.2, 0.25) is 0 Å². The quantitative estimate of drug-likeness (QED) is 0.676. The fourth-order valence-corrected chi connectivity index (χ4v) is 0.671. The van der Waals surface area contributed by atoms with E-state index in [1.165, 1.54) is 14.1 Å². The van der Waals surface area contributed by atoms with E-state index in [1.54, 1.807) is 0 Å². The van der Waals surface area contributed by atoms with Gasteiger partial charge in [0.25, 0.3) is 5.91 Å². The Morgan fingerprint density at radius 3 is 2.38 bits per heavy atom. The Hall–Kier alpha value is -1.20. The highest BCUT2D eigenvalue weighted by atomic mass is 19.3. The first kappa shape index (κ1) is 11.8. The maximum atomic E-state index is 11.8. The Labute approximate surface area is 74.9 Å². The van der Waals surface area contributed by atoms with Gasteiger partial charge in [0.2, 0.25) is 5.91 Å². The molecule has 13 heavy (non-hydrogen) atoms. The summed E-state index contributed by atoms with van der Waals surface area (Å²) in [6.45, 7) is 0.00282. The van der Waals surface area contributed by atoms with Gasteiger partial charge >= 0.3 is 6.43 Å². The molecule has 0 aromatic rings. The third kappa shape index (κ3) is 4.39. The van der Waals surface area contributed by atoms with Crippen LogP contribution in [0.5, 0.6) is 0 Å². The van der Waals surface area contributed by atoms with Crippen LogP contribution in [0.25, 0.3) is 0 Å². The molecule has 0 bridgehead atoms. The molecule has 0 spiro atoms. The summed E-state index contributed by atoms with van der Waals surface area (Å²) in [5.74, 6) is -1.54. The molecule has 0 aliphatic rings. The van der Waals surface area contributed by atoms with Gasteiger partial charge in [-0.2, -0.15) is 8.78 Å². The largest absolute Gasteiger partial charge is 0.359 e. The Kier molecular flexibility index (Phi) is 4.94. The van der Waals surface area contributed by atoms with Crippen LogP contribution in [0.1, 0.15) is 6.42 Å². The van der Waals surface area contributed by atoms with Crippen molar-refractivity contribution in [3.63, 3.8) is 0 Å². The Morgan fingerprint density at radius 2 is 2.00 bits per heavy atom. The SMILES string of the molecule is CNC(=O)CCN(C)C(=O)C(F)F. The van der Waals surface area contributed by atoms with Crippen molar-refractivity contribution >= 4 is 11.8 Å². The number of halogens is 2. The molecule has 0 radical (unpaired) electrons. The molecule has 0 saturated carbocycles. The molecule has 0 heterocycles. The molecule has 0 atom stereocenters. The molecule has 2 amide bonds. The summed E-state index contributed by atoms with van der Waals surface area (Å²) in [7, 11) is 2.68. The van der Waals surface area contributed by atoms with Gasteiger partial charge in [0.15, 0.2) is 0 Å². The van der Waals surface area contributed by atoms with E-state index in [4.69, 9.17) is 0 Å². The second-order valence-electron chi connectivity index (χ2n) is 2.48. The van der Waals surface area contributed by atoms with Crippen LogP contribution in [0.3, 0.4) is 0 Å². The number of rotatable bonds is 4. The summed E-state index contributed by atoms with van der Waals surface area (Å²) >= 11 is 0. The fourth-order valence-electron chi connectivity index (χ4n) is 0.671. The highest BCUT2D eigenvalue weighted by molar-refractivity contribution is 5.80. The lowest BCUT2D eigenvalue weighted by atomic mass is 10.3. The van der Waals surface area contributed by atoms with Crippen molar-refractivity contribution in [2.75, 3.05) is 20.6 Å². The van der Waals surface area contributed by atoms with Gasteiger partial charge in [0.1, 0.15) is 0 Å². The van der Waals surface area contributed by atoms with Gasteiger partial charge < -0.3 is 10.2 Å². The lowest BCUT2D eigenvalue weighted by molar-refractivity contribution is -0.141. The van der Waals surface area contributed by atoms with Crippen molar-refractivity contribution in [3.05, 3.63) is 0 Å². The van der Waals surface area contributed by atoms with Crippen LogP contribution >= 0.6 is 0 Å². The number of hydrogen-bond acceptors (Lipinski definition) is 2. The van der Waals surface area contributed by atoms with Crippen LogP contribution in [-0.4, -0.2) is 43.8 Å². The highest BCUT2D eigenvalue weighted by Gasteiger charge is 2.19. The molecule has 0 aromatic carbocycles. The third-order valence-corrected chi connectivity index (χ3v) is 1.52. The molecule has 0 fully saturated rings. The summed E-state index contributed by atoms with van der Waals surface area (Å²) in [6.07, 6.45) is -2.97. The summed E-state index contributed by atoms with van der Waals surface area (Å²) in [4.78, 5) is 22.1. The summed E-state index contributed by atoms with van der Waals surface area (Å²) < 4.78 is 23.6. The molecular formula is C7H12F2N2O2. The smallest absolute Gasteiger partial charge is 0.315 e. The first-order valence-corrected chi connectivity index (χ1v) is 3.72. The van der Waals surface area contributed by atoms with Gasteiger partial charge in [0, 0.05) is 27.1 Å². The van der Waals surface area contributed by atoms with Crippen molar-refractivity contribution < 1.29 is 18.4 Å². The van der Waals surface area contributed by atoms with Crippen LogP contribution in [0, 0.1) is 0 Å². The zero-order valence-electron chi connectivity index (χ0n) is 7.51. The summed E-state index contributed by atoms with van der Waals surface area (Å²) in [6, 6.07) is 0. The number of nitrogens with one attached hydrogen (secondary N) is 1. The number of carbonyl (C=O) groups is 2. The monoisotopic (exact) mass is 194 g/mol. The van der Waals surface area contributed by atoms with E-state index in [0.717, 1.165) is 4.90 Å². The first-order valence-electron chi connectivity index (χ1n) is 3.72. The zero-order chi connectivity index (χ0) is 10.4. The lowest BCUT2D eigenvalue weighted by Gasteiger charge is -2.15. The van der Waals surface area contributed by atoms with Gasteiger partial charge in [-0.1, -0.05) is 0 Å². The van der Waals surface area contributed by atoms with E-state index < -0.39 is 12.3 Å². The van der Waals surface area contributed by atoms with Crippen molar-refractivity contribution in [1.29, 1.82) is 0 Å². The van der Waals surface area contributed by atoms with E-state index in [1.807, 2.05) is 0 Å². The van der Waals surface area contributed by atoms with Gasteiger partial charge in [-0.3, -0.25) is 9.59 Å². The Bertz CT molecular complexity index is 197. The lowest BCUT2D eigenvalue weighted by Crippen LogP contribution is -2.35. The number of hydrogen-bond donors (Lipinski definition) is 1. The average Bonchev–Trinajstić information content (AvgIpc) is 2.11. The Balaban J connectivity index is 3.81. The second-order valence-corrected chi connectivity index (χ2v) is 2.48. The molecule has 4 nitrogen and oxygen atoms in total. The summed E-state index contributed by atoms with van der Waals surface area (Å²) in [5.41, 5.74) is 0. The summed E-state index contributed by atoms with van der Waals surface area (Å²) in [5, 5.41) is 2.32. The number of nitrogens with zero attached hydrogens (tertiary/aromatic N) is 1. The molecule has 76 valence electrons. The van der Waals surface area contributed by atoms with Crippen molar-refractivity contribution in [3.8, 4) is 0 Å². The highest BCUT2D eigenvalue weighted by Crippen LogP contribution is 1.99.